The van der Waals surface area contributed by atoms with E-state index in [9.17, 15) is 4.79 Å². The highest BCUT2D eigenvalue weighted by atomic mass is 16.2. The molecule has 2 aromatic rings. The Bertz CT molecular complexity index is 513. The maximum atomic E-state index is 12.5. The first-order valence-corrected chi connectivity index (χ1v) is 7.86. The lowest BCUT2D eigenvalue weighted by molar-refractivity contribution is -0.131. The summed E-state index contributed by atoms with van der Waals surface area (Å²) in [6.45, 7) is 4.65. The Balaban J connectivity index is 2.04. The van der Waals surface area contributed by atoms with Crippen LogP contribution in [0.15, 0.2) is 60.7 Å². The molecular weight excluding hydrogens is 272 g/mol. The van der Waals surface area contributed by atoms with Gasteiger partial charge in [-0.15, -0.1) is 0 Å². The van der Waals surface area contributed by atoms with Gasteiger partial charge in [0.25, 0.3) is 0 Å². The summed E-state index contributed by atoms with van der Waals surface area (Å²) in [5.74, 6) is 0.140. The molecule has 116 valence electrons. The fourth-order valence-electron chi connectivity index (χ4n) is 2.32. The van der Waals surface area contributed by atoms with Crippen molar-refractivity contribution in [2.75, 3.05) is 13.1 Å². The summed E-state index contributed by atoms with van der Waals surface area (Å²) < 4.78 is 0. The van der Waals surface area contributed by atoms with E-state index in [0.29, 0.717) is 19.6 Å². The number of amides is 1. The van der Waals surface area contributed by atoms with Gasteiger partial charge in [-0.25, -0.2) is 0 Å². The van der Waals surface area contributed by atoms with Crippen molar-refractivity contribution in [3.05, 3.63) is 71.8 Å². The maximum Gasteiger partial charge on any atom is 0.237 e. The Morgan fingerprint density at radius 3 is 1.86 bits per heavy atom. The Morgan fingerprint density at radius 2 is 1.41 bits per heavy atom. The van der Waals surface area contributed by atoms with Crippen LogP contribution >= 0.6 is 0 Å². The van der Waals surface area contributed by atoms with Crippen molar-refractivity contribution in [1.82, 2.24) is 10.2 Å². The van der Waals surface area contributed by atoms with Crippen molar-refractivity contribution in [1.29, 1.82) is 0 Å². The first kappa shape index (κ1) is 16.2. The van der Waals surface area contributed by atoms with E-state index in [4.69, 9.17) is 0 Å². The van der Waals surface area contributed by atoms with Gasteiger partial charge in [-0.3, -0.25) is 4.79 Å². The molecule has 0 aliphatic heterocycles. The molecule has 1 N–H and O–H groups in total. The minimum Gasteiger partial charge on any atom is -0.333 e. The molecule has 0 aliphatic carbocycles. The topological polar surface area (TPSA) is 32.3 Å². The van der Waals surface area contributed by atoms with Crippen molar-refractivity contribution in [3.63, 3.8) is 0 Å². The number of nitrogens with zero attached hydrogens (tertiary/aromatic N) is 1. The lowest BCUT2D eigenvalue weighted by atomic mass is 10.1. The van der Waals surface area contributed by atoms with Crippen molar-refractivity contribution in [2.24, 2.45) is 0 Å². The van der Waals surface area contributed by atoms with Gasteiger partial charge in [0, 0.05) is 13.1 Å². The van der Waals surface area contributed by atoms with Gasteiger partial charge in [0.2, 0.25) is 5.91 Å². The quantitative estimate of drug-likeness (QED) is 0.759. The fourth-order valence-corrected chi connectivity index (χ4v) is 2.32. The van der Waals surface area contributed by atoms with E-state index in [1.54, 1.807) is 0 Å². The molecule has 0 heterocycles. The summed E-state index contributed by atoms with van der Waals surface area (Å²) in [5, 5.41) is 3.20. The number of carbonyl (C=O) groups is 1. The normalized spacial score (nSPS) is 10.4. The molecule has 0 radical (unpaired) electrons. The highest BCUT2D eigenvalue weighted by Crippen LogP contribution is 2.10. The van der Waals surface area contributed by atoms with E-state index in [2.05, 4.69) is 36.5 Å². The molecule has 0 aromatic heterocycles. The van der Waals surface area contributed by atoms with Crippen molar-refractivity contribution in [2.45, 2.75) is 26.4 Å². The van der Waals surface area contributed by atoms with Gasteiger partial charge in [0.15, 0.2) is 0 Å². The molecule has 0 spiro atoms. The number of nitrogens with one attached hydrogen (secondary N) is 1. The zero-order valence-electron chi connectivity index (χ0n) is 13.2. The van der Waals surface area contributed by atoms with Crippen LogP contribution < -0.4 is 5.32 Å². The summed E-state index contributed by atoms with van der Waals surface area (Å²) >= 11 is 0. The van der Waals surface area contributed by atoms with Crippen LogP contribution in [0.2, 0.25) is 0 Å². The zero-order valence-corrected chi connectivity index (χ0v) is 13.2. The fraction of sp³-hybridized carbons (Fsp3) is 0.316. The van der Waals surface area contributed by atoms with E-state index < -0.39 is 0 Å². The minimum atomic E-state index is 0.140. The Morgan fingerprint density at radius 1 is 0.909 bits per heavy atom. The van der Waals surface area contributed by atoms with Crippen molar-refractivity contribution >= 4 is 5.91 Å². The molecular formula is C19H24N2O. The molecule has 2 aromatic carbocycles. The molecule has 2 rings (SSSR count). The zero-order chi connectivity index (χ0) is 15.6. The van der Waals surface area contributed by atoms with E-state index >= 15 is 0 Å². The van der Waals surface area contributed by atoms with Crippen molar-refractivity contribution in [3.8, 4) is 0 Å². The predicted octanol–water partition coefficient (Wildman–Crippen LogP) is 3.22. The molecule has 3 heteroatoms. The monoisotopic (exact) mass is 296 g/mol. The van der Waals surface area contributed by atoms with Crippen LogP contribution in [0.3, 0.4) is 0 Å². The smallest absolute Gasteiger partial charge is 0.237 e. The van der Waals surface area contributed by atoms with Gasteiger partial charge in [0.05, 0.1) is 6.54 Å². The molecule has 0 aliphatic rings. The number of hydrogen-bond acceptors (Lipinski definition) is 2. The lowest BCUT2D eigenvalue weighted by Crippen LogP contribution is -2.37. The second-order valence-electron chi connectivity index (χ2n) is 5.40. The van der Waals surface area contributed by atoms with Gasteiger partial charge < -0.3 is 10.2 Å². The summed E-state index contributed by atoms with van der Waals surface area (Å²) in [4.78, 5) is 14.4. The SMILES string of the molecule is CCCNCC(=O)N(Cc1ccccc1)Cc1ccccc1. The number of hydrogen-bond donors (Lipinski definition) is 1. The molecule has 22 heavy (non-hydrogen) atoms. The molecule has 0 bridgehead atoms. The largest absolute Gasteiger partial charge is 0.333 e. The van der Waals surface area contributed by atoms with Gasteiger partial charge in [-0.2, -0.15) is 0 Å². The first-order chi connectivity index (χ1) is 10.8. The summed E-state index contributed by atoms with van der Waals surface area (Å²) in [7, 11) is 0. The van der Waals surface area contributed by atoms with Crippen LogP contribution in [0.4, 0.5) is 0 Å². The van der Waals surface area contributed by atoms with Crippen LogP contribution in [0.5, 0.6) is 0 Å². The number of carbonyl (C=O) groups excluding carboxylic acids is 1. The minimum absolute atomic E-state index is 0.140. The van der Waals surface area contributed by atoms with E-state index in [0.717, 1.165) is 24.1 Å². The summed E-state index contributed by atoms with van der Waals surface area (Å²) in [5.41, 5.74) is 2.31. The van der Waals surface area contributed by atoms with Gasteiger partial charge in [0.1, 0.15) is 0 Å². The Kier molecular flexibility index (Phi) is 6.65. The molecule has 0 saturated heterocycles. The molecule has 0 saturated carbocycles. The van der Waals surface area contributed by atoms with E-state index in [1.807, 2.05) is 41.3 Å². The highest BCUT2D eigenvalue weighted by Gasteiger charge is 2.14. The third-order valence-corrected chi connectivity index (χ3v) is 3.49. The maximum absolute atomic E-state index is 12.5. The lowest BCUT2D eigenvalue weighted by Gasteiger charge is -2.23. The first-order valence-electron chi connectivity index (χ1n) is 7.86. The third-order valence-electron chi connectivity index (χ3n) is 3.49. The van der Waals surface area contributed by atoms with Crippen LogP contribution in [0.25, 0.3) is 0 Å². The average molecular weight is 296 g/mol. The highest BCUT2D eigenvalue weighted by molar-refractivity contribution is 5.78. The number of rotatable bonds is 8. The average Bonchev–Trinajstić information content (AvgIpc) is 2.56. The molecule has 0 unspecified atom stereocenters. The Hall–Kier alpha value is -2.13. The van der Waals surface area contributed by atoms with E-state index in [-0.39, 0.29) is 5.91 Å². The van der Waals surface area contributed by atoms with Gasteiger partial charge in [-0.1, -0.05) is 67.6 Å². The van der Waals surface area contributed by atoms with E-state index in [1.165, 1.54) is 0 Å². The second-order valence-corrected chi connectivity index (χ2v) is 5.40. The molecule has 0 fully saturated rings. The van der Waals surface area contributed by atoms with Crippen LogP contribution in [-0.4, -0.2) is 23.9 Å². The predicted molar refractivity (Wildman–Crippen MR) is 90.3 cm³/mol. The van der Waals surface area contributed by atoms with Crippen molar-refractivity contribution < 1.29 is 4.79 Å². The second kappa shape index (κ2) is 9.00. The van der Waals surface area contributed by atoms with Gasteiger partial charge >= 0.3 is 0 Å². The van der Waals surface area contributed by atoms with Gasteiger partial charge in [-0.05, 0) is 24.1 Å². The van der Waals surface area contributed by atoms with Crippen LogP contribution in [-0.2, 0) is 17.9 Å². The van der Waals surface area contributed by atoms with Crippen LogP contribution in [0.1, 0.15) is 24.5 Å². The standard InChI is InChI=1S/C19H24N2O/c1-2-13-20-14-19(22)21(15-17-9-5-3-6-10-17)16-18-11-7-4-8-12-18/h3-12,20H,2,13-16H2,1H3. The molecule has 3 nitrogen and oxygen atoms in total. The molecule has 0 atom stereocenters. The Labute approximate surface area is 133 Å². The third kappa shape index (κ3) is 5.34. The summed E-state index contributed by atoms with van der Waals surface area (Å²) in [6.07, 6.45) is 1.03. The molecule has 1 amide bonds. The number of benzene rings is 2. The van der Waals surface area contributed by atoms with Crippen LogP contribution in [0, 0.1) is 0 Å². The summed E-state index contributed by atoms with van der Waals surface area (Å²) in [6, 6.07) is 20.3.